The lowest BCUT2D eigenvalue weighted by molar-refractivity contribution is 0.0986. The molecule has 0 aromatic heterocycles. The van der Waals surface area contributed by atoms with Crippen LogP contribution in [0, 0.1) is 5.82 Å². The van der Waals surface area contributed by atoms with E-state index in [2.05, 4.69) is 15.9 Å². The topological polar surface area (TPSA) is 35.5 Å². The maximum absolute atomic E-state index is 13.9. The lowest BCUT2D eigenvalue weighted by Crippen LogP contribution is -2.08. The zero-order valence-electron chi connectivity index (χ0n) is 11.7. The van der Waals surface area contributed by atoms with Gasteiger partial charge in [0.2, 0.25) is 0 Å². The highest BCUT2D eigenvalue weighted by Crippen LogP contribution is 2.27. The van der Waals surface area contributed by atoms with Crippen molar-refractivity contribution in [3.63, 3.8) is 0 Å². The average Bonchev–Trinajstić information content (AvgIpc) is 2.46. The monoisotopic (exact) mass is 352 g/mol. The third-order valence-electron chi connectivity index (χ3n) is 3.06. The number of benzene rings is 2. The van der Waals surface area contributed by atoms with E-state index in [0.29, 0.717) is 5.75 Å². The third-order valence-corrected chi connectivity index (χ3v) is 3.67. The third kappa shape index (κ3) is 3.42. The molecule has 0 N–H and O–H groups in total. The van der Waals surface area contributed by atoms with Crippen molar-refractivity contribution in [2.75, 3.05) is 14.2 Å². The summed E-state index contributed by atoms with van der Waals surface area (Å²) in [5.41, 5.74) is 0.741. The summed E-state index contributed by atoms with van der Waals surface area (Å²) < 4.78 is 24.8. The van der Waals surface area contributed by atoms with Crippen LogP contribution in [0.2, 0.25) is 0 Å². The van der Waals surface area contributed by atoms with Crippen molar-refractivity contribution < 1.29 is 18.7 Å². The summed E-state index contributed by atoms with van der Waals surface area (Å²) in [6.45, 7) is 0. The second kappa shape index (κ2) is 6.72. The van der Waals surface area contributed by atoms with Gasteiger partial charge in [-0.25, -0.2) is 4.39 Å². The molecule has 0 fully saturated rings. The van der Waals surface area contributed by atoms with Gasteiger partial charge >= 0.3 is 0 Å². The van der Waals surface area contributed by atoms with Gasteiger partial charge in [0.05, 0.1) is 24.3 Å². The molecule has 0 amide bonds. The molecule has 2 rings (SSSR count). The summed E-state index contributed by atoms with van der Waals surface area (Å²) in [5.74, 6) is 0.0104. The Kier molecular flexibility index (Phi) is 4.96. The summed E-state index contributed by atoms with van der Waals surface area (Å²) in [7, 11) is 2.98. The maximum atomic E-state index is 13.9. The van der Waals surface area contributed by atoms with Gasteiger partial charge in [0.15, 0.2) is 5.78 Å². The molecular formula is C16H14BrFO3. The first-order chi connectivity index (χ1) is 10.1. The molecule has 21 heavy (non-hydrogen) atoms. The molecule has 0 aliphatic rings. The number of Topliss-reactive ketones (excluding diaryl/α,β-unsaturated/α-hetero) is 1. The van der Waals surface area contributed by atoms with E-state index < -0.39 is 5.82 Å². The molecule has 2 aromatic carbocycles. The van der Waals surface area contributed by atoms with Crippen LogP contribution in [0.1, 0.15) is 15.9 Å². The highest BCUT2D eigenvalue weighted by atomic mass is 79.9. The van der Waals surface area contributed by atoms with Crippen molar-refractivity contribution in [2.24, 2.45) is 0 Å². The number of hydrogen-bond donors (Lipinski definition) is 0. The zero-order valence-corrected chi connectivity index (χ0v) is 13.2. The Bertz CT molecular complexity index is 671. The summed E-state index contributed by atoms with van der Waals surface area (Å²) in [6.07, 6.45) is 0.0832. The molecule has 0 atom stereocenters. The first kappa shape index (κ1) is 15.5. The molecule has 5 heteroatoms. The van der Waals surface area contributed by atoms with Crippen LogP contribution in [0.3, 0.4) is 0 Å². The van der Waals surface area contributed by atoms with Crippen LogP contribution >= 0.6 is 15.9 Å². The minimum Gasteiger partial charge on any atom is -0.496 e. The molecule has 2 aromatic rings. The first-order valence-corrected chi connectivity index (χ1v) is 7.04. The van der Waals surface area contributed by atoms with Crippen LogP contribution in [-0.4, -0.2) is 20.0 Å². The molecule has 0 saturated heterocycles. The van der Waals surface area contributed by atoms with Crippen LogP contribution in [0.5, 0.6) is 11.5 Å². The summed E-state index contributed by atoms with van der Waals surface area (Å²) >= 11 is 3.36. The Morgan fingerprint density at radius 3 is 2.48 bits per heavy atom. The van der Waals surface area contributed by atoms with Crippen LogP contribution in [0.25, 0.3) is 0 Å². The van der Waals surface area contributed by atoms with Gasteiger partial charge in [-0.1, -0.05) is 12.1 Å². The van der Waals surface area contributed by atoms with Crippen molar-refractivity contribution in [1.82, 2.24) is 0 Å². The Labute approximate surface area is 130 Å². The van der Waals surface area contributed by atoms with Gasteiger partial charge < -0.3 is 9.47 Å². The number of ketones is 1. The fraction of sp³-hybridized carbons (Fsp3) is 0.188. The van der Waals surface area contributed by atoms with Gasteiger partial charge in [0.25, 0.3) is 0 Å². The van der Waals surface area contributed by atoms with E-state index in [-0.39, 0.29) is 23.5 Å². The Morgan fingerprint density at radius 2 is 1.86 bits per heavy atom. The average molecular weight is 353 g/mol. The maximum Gasteiger partial charge on any atom is 0.173 e. The molecule has 0 heterocycles. The molecule has 0 radical (unpaired) electrons. The van der Waals surface area contributed by atoms with Crippen molar-refractivity contribution in [3.8, 4) is 11.5 Å². The number of methoxy groups -OCH3 is 2. The van der Waals surface area contributed by atoms with Gasteiger partial charge in [0, 0.05) is 6.42 Å². The van der Waals surface area contributed by atoms with Crippen LogP contribution in [-0.2, 0) is 6.42 Å². The van der Waals surface area contributed by atoms with E-state index in [1.54, 1.807) is 31.4 Å². The minimum atomic E-state index is -0.577. The normalized spacial score (nSPS) is 10.3. The summed E-state index contributed by atoms with van der Waals surface area (Å²) in [6, 6.07) is 9.64. The lowest BCUT2D eigenvalue weighted by Gasteiger charge is -2.09. The van der Waals surface area contributed by atoms with Gasteiger partial charge in [-0.3, -0.25) is 4.79 Å². The summed E-state index contributed by atoms with van der Waals surface area (Å²) in [4.78, 5) is 12.3. The second-order valence-corrected chi connectivity index (χ2v) is 5.24. The Balaban J connectivity index is 2.28. The largest absolute Gasteiger partial charge is 0.496 e. The van der Waals surface area contributed by atoms with Crippen LogP contribution in [0.15, 0.2) is 40.9 Å². The molecule has 0 unspecified atom stereocenters. The molecule has 0 aliphatic heterocycles. The predicted molar refractivity (Wildman–Crippen MR) is 81.7 cm³/mol. The van der Waals surface area contributed by atoms with E-state index in [9.17, 15) is 9.18 Å². The van der Waals surface area contributed by atoms with Crippen molar-refractivity contribution in [2.45, 2.75) is 6.42 Å². The number of carbonyl (C=O) groups is 1. The molecule has 0 spiro atoms. The summed E-state index contributed by atoms with van der Waals surface area (Å²) in [5, 5.41) is 0. The zero-order chi connectivity index (χ0) is 15.4. The number of ether oxygens (including phenoxy) is 2. The van der Waals surface area contributed by atoms with E-state index in [1.165, 1.54) is 19.2 Å². The van der Waals surface area contributed by atoms with Crippen LogP contribution < -0.4 is 9.47 Å². The van der Waals surface area contributed by atoms with Gasteiger partial charge in [-0.15, -0.1) is 0 Å². The second-order valence-electron chi connectivity index (χ2n) is 4.39. The fourth-order valence-electron chi connectivity index (χ4n) is 2.04. The molecular weight excluding hydrogens is 339 g/mol. The number of rotatable bonds is 5. The number of halogens is 2. The lowest BCUT2D eigenvalue weighted by atomic mass is 10.0. The van der Waals surface area contributed by atoms with Gasteiger partial charge in [-0.2, -0.15) is 0 Å². The van der Waals surface area contributed by atoms with E-state index in [0.717, 1.165) is 10.0 Å². The van der Waals surface area contributed by atoms with Crippen molar-refractivity contribution in [1.29, 1.82) is 0 Å². The first-order valence-electron chi connectivity index (χ1n) is 6.25. The smallest absolute Gasteiger partial charge is 0.173 e. The molecule has 0 saturated carbocycles. The van der Waals surface area contributed by atoms with Gasteiger partial charge in [0.1, 0.15) is 17.3 Å². The predicted octanol–water partition coefficient (Wildman–Crippen LogP) is 4.03. The molecule has 0 aliphatic carbocycles. The van der Waals surface area contributed by atoms with Crippen molar-refractivity contribution in [3.05, 3.63) is 57.8 Å². The van der Waals surface area contributed by atoms with Crippen LogP contribution in [0.4, 0.5) is 4.39 Å². The van der Waals surface area contributed by atoms with Crippen molar-refractivity contribution >= 4 is 21.7 Å². The molecule has 110 valence electrons. The standard InChI is InChI=1S/C16H14BrFO3/c1-20-14-7-6-10(8-11(14)17)9-13(19)16-12(18)4-3-5-15(16)21-2/h3-8H,9H2,1-2H3. The quantitative estimate of drug-likeness (QED) is 0.762. The number of hydrogen-bond acceptors (Lipinski definition) is 3. The Morgan fingerprint density at radius 1 is 1.14 bits per heavy atom. The van der Waals surface area contributed by atoms with E-state index in [4.69, 9.17) is 9.47 Å². The molecule has 0 bridgehead atoms. The number of carbonyl (C=O) groups excluding carboxylic acids is 1. The minimum absolute atomic E-state index is 0.0214. The molecule has 3 nitrogen and oxygen atoms in total. The highest BCUT2D eigenvalue weighted by molar-refractivity contribution is 9.10. The van der Waals surface area contributed by atoms with E-state index in [1.807, 2.05) is 0 Å². The highest BCUT2D eigenvalue weighted by Gasteiger charge is 2.18. The Hall–Kier alpha value is -1.88. The SMILES string of the molecule is COc1ccc(CC(=O)c2c(F)cccc2OC)cc1Br. The van der Waals surface area contributed by atoms with E-state index >= 15 is 0 Å². The fourth-order valence-corrected chi connectivity index (χ4v) is 2.63. The van der Waals surface area contributed by atoms with Gasteiger partial charge in [-0.05, 0) is 45.8 Å².